The van der Waals surface area contributed by atoms with Crippen LogP contribution in [0.5, 0.6) is 17.2 Å². The van der Waals surface area contributed by atoms with E-state index in [9.17, 15) is 9.90 Å². The van der Waals surface area contributed by atoms with Gasteiger partial charge in [0.05, 0.1) is 0 Å². The van der Waals surface area contributed by atoms with Gasteiger partial charge in [0.1, 0.15) is 11.9 Å². The van der Waals surface area contributed by atoms with Crippen molar-refractivity contribution in [2.75, 3.05) is 26.2 Å². The lowest BCUT2D eigenvalue weighted by molar-refractivity contribution is -0.132. The van der Waals surface area contributed by atoms with Gasteiger partial charge in [-0.3, -0.25) is 14.6 Å². The fourth-order valence-electron chi connectivity index (χ4n) is 9.56. The van der Waals surface area contributed by atoms with Crippen molar-refractivity contribution >= 4 is 5.97 Å². The first-order chi connectivity index (χ1) is 21.5. The smallest absolute Gasteiger partial charge is 0.308 e. The number of ether oxygens (including phenoxy) is 2. The van der Waals surface area contributed by atoms with Gasteiger partial charge >= 0.3 is 5.97 Å². The second-order valence-corrected chi connectivity index (χ2v) is 14.5. The predicted octanol–water partition coefficient (Wildman–Crippen LogP) is 7.04. The molecule has 7 rings (SSSR count). The zero-order valence-electron chi connectivity index (χ0n) is 26.9. The minimum atomic E-state index is -0.366. The van der Waals surface area contributed by atoms with E-state index in [1.165, 1.54) is 88.8 Å². The summed E-state index contributed by atoms with van der Waals surface area (Å²) in [5.74, 6) is 2.44. The van der Waals surface area contributed by atoms with Gasteiger partial charge in [0.25, 0.3) is 0 Å². The third-order valence-electron chi connectivity index (χ3n) is 11.7. The Kier molecular flexibility index (Phi) is 8.67. The summed E-state index contributed by atoms with van der Waals surface area (Å²) in [7, 11) is 0. The molecule has 2 aromatic rings. The van der Waals surface area contributed by atoms with Crippen molar-refractivity contribution in [1.29, 1.82) is 0 Å². The number of nitrogens with zero attached hydrogens (tertiary/aromatic N) is 2. The Morgan fingerprint density at radius 1 is 1.07 bits per heavy atom. The minimum absolute atomic E-state index is 0.0342. The van der Waals surface area contributed by atoms with E-state index in [2.05, 4.69) is 47.1 Å². The van der Waals surface area contributed by atoms with E-state index in [0.717, 1.165) is 56.1 Å². The molecule has 0 aromatic heterocycles. The average Bonchev–Trinajstić information content (AvgIpc) is 3.77. The number of aromatic hydroxyl groups is 1. The first-order valence-electron chi connectivity index (χ1n) is 17.8. The quantitative estimate of drug-likeness (QED) is 0.143. The number of benzene rings is 2. The van der Waals surface area contributed by atoms with E-state index in [1.807, 2.05) is 0 Å². The molecule has 1 N–H and O–H groups in total. The first-order valence-corrected chi connectivity index (χ1v) is 17.8. The highest BCUT2D eigenvalue weighted by molar-refractivity contribution is 5.73. The molecule has 1 spiro atoms. The number of aryl methyl sites for hydroxylation is 1. The fourth-order valence-corrected chi connectivity index (χ4v) is 9.56. The molecule has 2 heterocycles. The molecule has 2 aromatic carbocycles. The number of piperidine rings is 1. The summed E-state index contributed by atoms with van der Waals surface area (Å²) in [6.45, 7) is 8.24. The van der Waals surface area contributed by atoms with Gasteiger partial charge in [0.15, 0.2) is 11.5 Å². The normalized spacial score (nSPS) is 28.5. The molecule has 1 saturated heterocycles. The van der Waals surface area contributed by atoms with Gasteiger partial charge in [0, 0.05) is 48.2 Å². The molecule has 44 heavy (non-hydrogen) atoms. The van der Waals surface area contributed by atoms with Crippen molar-refractivity contribution in [3.63, 3.8) is 0 Å². The van der Waals surface area contributed by atoms with Crippen LogP contribution in [-0.4, -0.2) is 65.2 Å². The molecule has 3 aliphatic carbocycles. The van der Waals surface area contributed by atoms with E-state index in [4.69, 9.17) is 9.47 Å². The van der Waals surface area contributed by atoms with Crippen molar-refractivity contribution in [2.24, 2.45) is 11.8 Å². The summed E-state index contributed by atoms with van der Waals surface area (Å²) in [4.78, 5) is 17.7. The Hall–Kier alpha value is -2.57. The molecule has 3 fully saturated rings. The number of rotatable bonds is 14. The Morgan fingerprint density at radius 2 is 1.86 bits per heavy atom. The van der Waals surface area contributed by atoms with Crippen LogP contribution < -0.4 is 9.47 Å². The van der Waals surface area contributed by atoms with Crippen LogP contribution in [0.4, 0.5) is 0 Å². The van der Waals surface area contributed by atoms with Crippen LogP contribution in [0.1, 0.15) is 101 Å². The van der Waals surface area contributed by atoms with Gasteiger partial charge in [-0.25, -0.2) is 0 Å². The molecular formula is C38H52N2O4. The van der Waals surface area contributed by atoms with Crippen LogP contribution in [0.2, 0.25) is 0 Å². The highest BCUT2D eigenvalue weighted by atomic mass is 16.6. The summed E-state index contributed by atoms with van der Waals surface area (Å²) in [5, 5.41) is 11.4. The molecule has 5 atom stereocenters. The van der Waals surface area contributed by atoms with Crippen molar-refractivity contribution < 1.29 is 19.4 Å². The SMILES string of the molecule is CCCCN(CCCCCCc1ccccc1)[C@@H]1CC[C@H]2[C@H]3Cc4c(O)cc(OC(C)=O)c5c4[C@@]2(CCN3CC2CC2)[C@H]1O5. The summed E-state index contributed by atoms with van der Waals surface area (Å²) in [5.41, 5.74) is 3.56. The summed E-state index contributed by atoms with van der Waals surface area (Å²) < 4.78 is 12.8. The largest absolute Gasteiger partial charge is 0.508 e. The van der Waals surface area contributed by atoms with Crippen LogP contribution >= 0.6 is 0 Å². The summed E-state index contributed by atoms with van der Waals surface area (Å²) >= 11 is 0. The molecule has 2 saturated carbocycles. The van der Waals surface area contributed by atoms with Gasteiger partial charge in [-0.15, -0.1) is 0 Å². The number of carbonyl (C=O) groups excluding carboxylic acids is 1. The zero-order chi connectivity index (χ0) is 30.3. The van der Waals surface area contributed by atoms with Crippen molar-refractivity contribution in [1.82, 2.24) is 9.80 Å². The van der Waals surface area contributed by atoms with Gasteiger partial charge in [0.2, 0.25) is 0 Å². The number of esters is 1. The molecule has 0 amide bonds. The van der Waals surface area contributed by atoms with Gasteiger partial charge in [-0.05, 0) is 101 Å². The molecule has 5 aliphatic rings. The van der Waals surface area contributed by atoms with Gasteiger partial charge in [-0.2, -0.15) is 0 Å². The lowest BCUT2D eigenvalue weighted by Gasteiger charge is -2.60. The average molecular weight is 601 g/mol. The Balaban J connectivity index is 1.14. The van der Waals surface area contributed by atoms with E-state index >= 15 is 0 Å². The molecule has 6 nitrogen and oxygen atoms in total. The lowest BCUT2D eigenvalue weighted by atomic mass is 9.50. The number of hydrogen-bond acceptors (Lipinski definition) is 6. The van der Waals surface area contributed by atoms with Crippen LogP contribution in [0, 0.1) is 11.8 Å². The minimum Gasteiger partial charge on any atom is -0.508 e. The molecule has 238 valence electrons. The van der Waals surface area contributed by atoms with E-state index in [0.29, 0.717) is 23.8 Å². The lowest BCUT2D eigenvalue weighted by Crippen LogP contribution is -2.69. The van der Waals surface area contributed by atoms with Crippen LogP contribution in [0.25, 0.3) is 0 Å². The number of likely N-dealkylation sites (tertiary alicyclic amines) is 1. The number of unbranched alkanes of at least 4 members (excludes halogenated alkanes) is 4. The molecule has 0 unspecified atom stereocenters. The fraction of sp³-hybridized carbons (Fsp3) is 0.658. The topological polar surface area (TPSA) is 62.2 Å². The third-order valence-corrected chi connectivity index (χ3v) is 11.7. The van der Waals surface area contributed by atoms with E-state index in [1.54, 1.807) is 6.07 Å². The van der Waals surface area contributed by atoms with Crippen LogP contribution in [0.15, 0.2) is 36.4 Å². The maximum absolute atomic E-state index is 12.2. The maximum atomic E-state index is 12.2. The summed E-state index contributed by atoms with van der Waals surface area (Å²) in [6, 6.07) is 13.3. The number of carbonyl (C=O) groups is 1. The second kappa shape index (κ2) is 12.7. The first kappa shape index (κ1) is 30.1. The molecule has 0 radical (unpaired) electrons. The number of phenolic OH excluding ortho intramolecular Hbond substituents is 1. The standard InChI is InChI=1S/C38H52N2O4/c1-3-4-20-39(21-11-6-5-8-12-27-13-9-7-10-14-27)31-18-17-30-32-23-29-33(42)24-34(43-26(2)41)36-35(29)38(30,37(31)44-36)19-22-40(32)25-28-15-16-28/h7,9-10,13-14,24,28,30-32,37,42H,3-6,8,11-12,15-23,25H2,1-2H3/t30-,31+,32+,37-,38-/m0/s1. The molecule has 2 bridgehead atoms. The Labute approximate surface area is 264 Å². The van der Waals surface area contributed by atoms with Crippen molar-refractivity contribution in [2.45, 2.75) is 121 Å². The molecular weight excluding hydrogens is 548 g/mol. The molecule has 6 heteroatoms. The summed E-state index contributed by atoms with van der Waals surface area (Å²) in [6.07, 6.45) is 15.6. The van der Waals surface area contributed by atoms with Crippen LogP contribution in [0.3, 0.4) is 0 Å². The highest BCUT2D eigenvalue weighted by Crippen LogP contribution is 2.66. The van der Waals surface area contributed by atoms with E-state index in [-0.39, 0.29) is 23.2 Å². The second-order valence-electron chi connectivity index (χ2n) is 14.5. The maximum Gasteiger partial charge on any atom is 0.308 e. The van der Waals surface area contributed by atoms with Gasteiger partial charge < -0.3 is 14.6 Å². The zero-order valence-corrected chi connectivity index (χ0v) is 26.9. The number of hydrogen-bond donors (Lipinski definition) is 1. The van der Waals surface area contributed by atoms with Crippen molar-refractivity contribution in [3.05, 3.63) is 53.1 Å². The van der Waals surface area contributed by atoms with Crippen LogP contribution in [-0.2, 0) is 23.1 Å². The van der Waals surface area contributed by atoms with Gasteiger partial charge in [-0.1, -0.05) is 56.5 Å². The monoisotopic (exact) mass is 600 g/mol. The highest BCUT2D eigenvalue weighted by Gasteiger charge is 2.67. The van der Waals surface area contributed by atoms with Crippen molar-refractivity contribution in [3.8, 4) is 17.2 Å². The Bertz CT molecular complexity index is 1330. The third kappa shape index (κ3) is 5.55. The van der Waals surface area contributed by atoms with E-state index < -0.39 is 0 Å². The Morgan fingerprint density at radius 3 is 2.64 bits per heavy atom. The molecule has 2 aliphatic heterocycles. The predicted molar refractivity (Wildman–Crippen MR) is 174 cm³/mol. The number of phenols is 1.